The molecule has 1 N–H and O–H groups in total. The highest BCUT2D eigenvalue weighted by Gasteiger charge is 2.33. The second kappa shape index (κ2) is 11.2. The number of benzene rings is 3. The molecular formula is C27H25FN4O3S2. The number of thioether (sulfide) groups is 1. The molecule has 0 radical (unpaired) electrons. The number of rotatable bonds is 8. The third-order valence-corrected chi connectivity index (χ3v) is 8.11. The predicted octanol–water partition coefficient (Wildman–Crippen LogP) is 5.70. The van der Waals surface area contributed by atoms with E-state index in [-0.39, 0.29) is 23.5 Å². The molecule has 0 fully saturated rings. The van der Waals surface area contributed by atoms with Crippen LogP contribution < -0.4 is 14.8 Å². The van der Waals surface area contributed by atoms with Gasteiger partial charge in [0, 0.05) is 6.54 Å². The summed E-state index contributed by atoms with van der Waals surface area (Å²) < 4.78 is 25.6. The largest absolute Gasteiger partial charge is 0.493 e. The molecule has 0 aliphatic carbocycles. The van der Waals surface area contributed by atoms with Crippen LogP contribution in [0.4, 0.5) is 15.2 Å². The van der Waals surface area contributed by atoms with E-state index in [1.54, 1.807) is 32.4 Å². The van der Waals surface area contributed by atoms with Gasteiger partial charge in [-0.3, -0.25) is 4.79 Å². The molecule has 10 heteroatoms. The molecule has 0 spiro atoms. The number of anilines is 2. The van der Waals surface area contributed by atoms with Gasteiger partial charge in [0.1, 0.15) is 5.82 Å². The molecule has 3 aromatic carbocycles. The number of para-hydroxylation sites is 1. The summed E-state index contributed by atoms with van der Waals surface area (Å²) in [7, 11) is 3.24. The van der Waals surface area contributed by atoms with Crippen LogP contribution in [0.25, 0.3) is 0 Å². The molecule has 0 unspecified atom stereocenters. The number of amides is 1. The Hall–Kier alpha value is -3.63. The van der Waals surface area contributed by atoms with E-state index in [4.69, 9.17) is 9.47 Å². The summed E-state index contributed by atoms with van der Waals surface area (Å²) in [5, 5.41) is 11.7. The van der Waals surface area contributed by atoms with E-state index in [0.29, 0.717) is 39.6 Å². The molecule has 37 heavy (non-hydrogen) atoms. The lowest BCUT2D eigenvalue weighted by Gasteiger charge is -2.38. The minimum absolute atomic E-state index is 0.00176. The van der Waals surface area contributed by atoms with Crippen LogP contribution in [0.15, 0.2) is 71.1 Å². The van der Waals surface area contributed by atoms with Gasteiger partial charge in [-0.05, 0) is 47.4 Å². The highest BCUT2D eigenvalue weighted by molar-refractivity contribution is 8.01. The number of halogens is 1. The first kappa shape index (κ1) is 25.0. The van der Waals surface area contributed by atoms with E-state index in [2.05, 4.69) is 15.5 Å². The topological polar surface area (TPSA) is 76.6 Å². The number of methoxy groups -OCH3 is 2. The van der Waals surface area contributed by atoms with E-state index in [1.165, 1.54) is 29.2 Å². The van der Waals surface area contributed by atoms with E-state index >= 15 is 0 Å². The first-order valence-corrected chi connectivity index (χ1v) is 13.4. The predicted molar refractivity (Wildman–Crippen MR) is 144 cm³/mol. The molecule has 7 nitrogen and oxygen atoms in total. The summed E-state index contributed by atoms with van der Waals surface area (Å²) in [5.41, 5.74) is 3.52. The zero-order valence-corrected chi connectivity index (χ0v) is 21.9. The summed E-state index contributed by atoms with van der Waals surface area (Å²) in [6, 6.07) is 20.1. The number of carbonyl (C=O) groups excluding carboxylic acids is 1. The van der Waals surface area contributed by atoms with Crippen LogP contribution in [0.5, 0.6) is 11.5 Å². The first-order valence-electron chi connectivity index (χ1n) is 11.6. The average molecular weight is 537 g/mol. The van der Waals surface area contributed by atoms with Crippen molar-refractivity contribution in [3.05, 3.63) is 89.2 Å². The summed E-state index contributed by atoms with van der Waals surface area (Å²) in [6.45, 7) is 0.581. The third-order valence-electron chi connectivity index (χ3n) is 6.15. The molecule has 0 saturated heterocycles. The lowest BCUT2D eigenvalue weighted by molar-refractivity contribution is -0.130. The van der Waals surface area contributed by atoms with Crippen molar-refractivity contribution >= 4 is 39.8 Å². The average Bonchev–Trinajstić information content (AvgIpc) is 3.39. The minimum atomic E-state index is -0.367. The lowest BCUT2D eigenvalue weighted by atomic mass is 9.87. The van der Waals surface area contributed by atoms with Crippen molar-refractivity contribution in [1.82, 2.24) is 15.1 Å². The highest BCUT2D eigenvalue weighted by Crippen LogP contribution is 2.41. The van der Waals surface area contributed by atoms with Crippen molar-refractivity contribution in [2.24, 2.45) is 0 Å². The van der Waals surface area contributed by atoms with Crippen molar-refractivity contribution in [1.29, 1.82) is 0 Å². The molecular weight excluding hydrogens is 511 g/mol. The van der Waals surface area contributed by atoms with Gasteiger partial charge in [-0.25, -0.2) is 4.39 Å². The molecule has 0 bridgehead atoms. The zero-order valence-electron chi connectivity index (χ0n) is 20.3. The lowest BCUT2D eigenvalue weighted by Crippen LogP contribution is -2.41. The molecule has 1 aliphatic heterocycles. The van der Waals surface area contributed by atoms with Crippen LogP contribution in [-0.4, -0.2) is 47.5 Å². The monoisotopic (exact) mass is 536 g/mol. The SMILES string of the molecule is COc1cc2c(cc1OC)[C@@H](c1ccccc1)N(C(=O)CSc1nnc(Nc3ccccc3F)s1)CC2. The fraction of sp³-hybridized carbons (Fsp3) is 0.222. The van der Waals surface area contributed by atoms with E-state index in [1.807, 2.05) is 47.4 Å². The Kier molecular flexibility index (Phi) is 7.57. The number of hydrogen-bond acceptors (Lipinski definition) is 8. The molecule has 1 amide bonds. The summed E-state index contributed by atoms with van der Waals surface area (Å²) >= 11 is 2.61. The van der Waals surface area contributed by atoms with Crippen molar-refractivity contribution in [2.45, 2.75) is 16.8 Å². The van der Waals surface area contributed by atoms with Gasteiger partial charge in [0.25, 0.3) is 0 Å². The van der Waals surface area contributed by atoms with Crippen molar-refractivity contribution < 1.29 is 18.7 Å². The van der Waals surface area contributed by atoms with Gasteiger partial charge < -0.3 is 19.7 Å². The van der Waals surface area contributed by atoms with E-state index < -0.39 is 0 Å². The second-order valence-corrected chi connectivity index (χ2v) is 10.5. The fourth-order valence-corrected chi connectivity index (χ4v) is 6.06. The quantitative estimate of drug-likeness (QED) is 0.289. The van der Waals surface area contributed by atoms with Gasteiger partial charge in [0.05, 0.1) is 31.7 Å². The van der Waals surface area contributed by atoms with E-state index in [9.17, 15) is 9.18 Å². The molecule has 2 heterocycles. The molecule has 0 saturated carbocycles. The van der Waals surface area contributed by atoms with Gasteiger partial charge in [0.2, 0.25) is 11.0 Å². The third kappa shape index (κ3) is 5.40. The van der Waals surface area contributed by atoms with Crippen LogP contribution in [0.1, 0.15) is 22.7 Å². The highest BCUT2D eigenvalue weighted by atomic mass is 32.2. The number of aromatic nitrogens is 2. The van der Waals surface area contributed by atoms with Gasteiger partial charge in [-0.1, -0.05) is 65.6 Å². The van der Waals surface area contributed by atoms with E-state index in [0.717, 1.165) is 16.7 Å². The Morgan fingerprint density at radius 2 is 1.81 bits per heavy atom. The first-order chi connectivity index (χ1) is 18.1. The zero-order chi connectivity index (χ0) is 25.8. The maximum atomic E-state index is 13.9. The summed E-state index contributed by atoms with van der Waals surface area (Å²) in [4.78, 5) is 15.4. The van der Waals surface area contributed by atoms with Crippen LogP contribution in [0.3, 0.4) is 0 Å². The maximum absolute atomic E-state index is 13.9. The van der Waals surface area contributed by atoms with Gasteiger partial charge >= 0.3 is 0 Å². The smallest absolute Gasteiger partial charge is 0.233 e. The fourth-order valence-electron chi connectivity index (χ4n) is 4.41. The Bertz CT molecular complexity index is 1400. The van der Waals surface area contributed by atoms with Gasteiger partial charge in [0.15, 0.2) is 15.8 Å². The number of hydrogen-bond donors (Lipinski definition) is 1. The Morgan fingerprint density at radius 1 is 1.08 bits per heavy atom. The second-order valence-electron chi connectivity index (χ2n) is 8.32. The normalized spacial score (nSPS) is 14.7. The molecule has 5 rings (SSSR count). The maximum Gasteiger partial charge on any atom is 0.233 e. The van der Waals surface area contributed by atoms with Crippen molar-refractivity contribution in [3.63, 3.8) is 0 Å². The molecule has 190 valence electrons. The number of nitrogens with zero attached hydrogens (tertiary/aromatic N) is 3. The Morgan fingerprint density at radius 3 is 2.57 bits per heavy atom. The number of nitrogens with one attached hydrogen (secondary N) is 1. The van der Waals surface area contributed by atoms with Gasteiger partial charge in [-0.2, -0.15) is 0 Å². The van der Waals surface area contributed by atoms with Crippen LogP contribution in [0, 0.1) is 5.82 Å². The molecule has 1 aliphatic rings. The van der Waals surface area contributed by atoms with Gasteiger partial charge in [-0.15, -0.1) is 10.2 Å². The van der Waals surface area contributed by atoms with Crippen LogP contribution in [-0.2, 0) is 11.2 Å². The Balaban J connectivity index is 1.35. The minimum Gasteiger partial charge on any atom is -0.493 e. The molecule has 1 aromatic heterocycles. The summed E-state index contributed by atoms with van der Waals surface area (Å²) in [6.07, 6.45) is 0.713. The standard InChI is InChI=1S/C27H25FN4O3S2/c1-34-22-14-18-12-13-32(25(17-8-4-3-5-9-17)19(18)15-23(22)35-2)24(33)16-36-27-31-30-26(37-27)29-21-11-7-6-10-20(21)28/h3-11,14-15,25H,12-13,16H2,1-2H3,(H,29,30)/t25-/m1/s1. The molecule has 1 atom stereocenters. The van der Waals surface area contributed by atoms with Crippen LogP contribution in [0.2, 0.25) is 0 Å². The number of carbonyl (C=O) groups is 1. The Labute approximate surface area is 222 Å². The number of ether oxygens (including phenoxy) is 2. The summed E-state index contributed by atoms with van der Waals surface area (Å²) in [5.74, 6) is 1.15. The molecule has 4 aromatic rings. The van der Waals surface area contributed by atoms with Crippen LogP contribution >= 0.6 is 23.1 Å². The number of fused-ring (bicyclic) bond motifs is 1. The van der Waals surface area contributed by atoms with Crippen molar-refractivity contribution in [2.75, 3.05) is 31.8 Å². The van der Waals surface area contributed by atoms with Crippen molar-refractivity contribution in [3.8, 4) is 11.5 Å².